The lowest BCUT2D eigenvalue weighted by Gasteiger charge is -2.36. The normalized spacial score (nSPS) is 25.0. The second-order valence-corrected chi connectivity index (χ2v) is 9.33. The van der Waals surface area contributed by atoms with E-state index in [9.17, 15) is 0 Å². The van der Waals surface area contributed by atoms with Crippen LogP contribution in [0.25, 0.3) is 0 Å². The molecule has 3 N–H and O–H groups in total. The predicted molar refractivity (Wildman–Crippen MR) is 125 cm³/mol. The van der Waals surface area contributed by atoms with E-state index in [4.69, 9.17) is 15.9 Å². The van der Waals surface area contributed by atoms with Crippen molar-refractivity contribution in [1.82, 2.24) is 0 Å². The van der Waals surface area contributed by atoms with Crippen molar-refractivity contribution in [3.05, 3.63) is 58.7 Å². The molecule has 1 saturated carbocycles. The molecular weight excluding hydrogens is 356 g/mol. The highest BCUT2D eigenvalue weighted by Gasteiger charge is 2.48. The fourth-order valence-electron chi connectivity index (χ4n) is 4.44. The Morgan fingerprint density at radius 2 is 1.90 bits per heavy atom. The van der Waals surface area contributed by atoms with E-state index in [1.54, 1.807) is 0 Å². The van der Waals surface area contributed by atoms with Crippen molar-refractivity contribution in [2.24, 2.45) is 17.1 Å². The van der Waals surface area contributed by atoms with Gasteiger partial charge in [0.15, 0.2) is 0 Å². The average Bonchev–Trinajstić information content (AvgIpc) is 3.44. The van der Waals surface area contributed by atoms with Gasteiger partial charge < -0.3 is 10.5 Å². The Hall–Kier alpha value is -1.87. The van der Waals surface area contributed by atoms with E-state index in [0.717, 1.165) is 49.9 Å². The maximum atomic E-state index is 8.05. The summed E-state index contributed by atoms with van der Waals surface area (Å²) in [6.45, 7) is 17.9. The van der Waals surface area contributed by atoms with Crippen LogP contribution < -0.4 is 5.73 Å². The van der Waals surface area contributed by atoms with Crippen LogP contribution in [0.1, 0.15) is 73.6 Å². The molecule has 0 aromatic rings. The monoisotopic (exact) mass is 396 g/mol. The van der Waals surface area contributed by atoms with Gasteiger partial charge in [0.1, 0.15) is 5.84 Å². The Balaban J connectivity index is 2.46. The molecule has 0 radical (unpaired) electrons. The van der Waals surface area contributed by atoms with Crippen LogP contribution in [0.15, 0.2) is 58.7 Å². The number of nitrogens with one attached hydrogen (secondary N) is 1. The van der Waals surface area contributed by atoms with Crippen LogP contribution in [0.5, 0.6) is 0 Å². The summed E-state index contributed by atoms with van der Waals surface area (Å²) >= 11 is 0. The van der Waals surface area contributed by atoms with Crippen LogP contribution >= 0.6 is 0 Å². The minimum Gasteiger partial charge on any atom is -0.387 e. The number of rotatable bonds is 8. The maximum absolute atomic E-state index is 8.05. The van der Waals surface area contributed by atoms with Crippen molar-refractivity contribution in [2.45, 2.75) is 79.2 Å². The van der Waals surface area contributed by atoms with Crippen LogP contribution in [0.4, 0.5) is 0 Å². The summed E-state index contributed by atoms with van der Waals surface area (Å²) < 4.78 is 5.93. The zero-order chi connectivity index (χ0) is 21.8. The molecule has 3 heteroatoms. The summed E-state index contributed by atoms with van der Waals surface area (Å²) in [5.41, 5.74) is 11.7. The van der Waals surface area contributed by atoms with Crippen LogP contribution in [0, 0.1) is 16.7 Å². The standard InChI is InChI=1S/C26H40N2O/c1-8-10-21(22-11-14-29-25(6,7)17-22)15-20(9-2)16-23(18(3)4)19(5)26(12-13-26)24(27)28/h8,10,15-16,22H,3,9,11-14,17H2,1-2,4-7H3,(H3,27,28)/b10-8-,20-16+,21-15+,23-19-. The topological polar surface area (TPSA) is 59.1 Å². The molecule has 1 atom stereocenters. The highest BCUT2D eigenvalue weighted by molar-refractivity contribution is 5.90. The molecule has 2 aliphatic rings. The van der Waals surface area contributed by atoms with Crippen molar-refractivity contribution < 1.29 is 4.74 Å². The molecule has 1 heterocycles. The lowest BCUT2D eigenvalue weighted by atomic mass is 9.82. The summed E-state index contributed by atoms with van der Waals surface area (Å²) in [6.07, 6.45) is 14.0. The largest absolute Gasteiger partial charge is 0.387 e. The number of ether oxygens (including phenoxy) is 1. The first-order valence-corrected chi connectivity index (χ1v) is 11.0. The highest BCUT2D eigenvalue weighted by Crippen LogP contribution is 2.53. The lowest BCUT2D eigenvalue weighted by Crippen LogP contribution is -2.34. The molecule has 2 rings (SSSR count). The van der Waals surface area contributed by atoms with Gasteiger partial charge in [-0.05, 0) is 89.4 Å². The Kier molecular flexibility index (Phi) is 7.50. The number of hydrogen-bond acceptors (Lipinski definition) is 2. The molecule has 2 fully saturated rings. The summed E-state index contributed by atoms with van der Waals surface area (Å²) in [5, 5.41) is 8.05. The SMILES string of the molecule is C=C(C)C(/C=C(/C=C(\C=C/C)C1CCOC(C)(C)C1)CC)=C(/C)C1(C(=N)N)CC1. The fourth-order valence-corrected chi connectivity index (χ4v) is 4.44. The van der Waals surface area contributed by atoms with E-state index in [1.807, 2.05) is 0 Å². The van der Waals surface area contributed by atoms with E-state index in [0.29, 0.717) is 5.92 Å². The molecule has 29 heavy (non-hydrogen) atoms. The lowest BCUT2D eigenvalue weighted by molar-refractivity contribution is -0.0657. The van der Waals surface area contributed by atoms with Crippen LogP contribution in [0.2, 0.25) is 0 Å². The van der Waals surface area contributed by atoms with Gasteiger partial charge in [0.05, 0.1) is 5.60 Å². The molecule has 1 aliphatic carbocycles. The highest BCUT2D eigenvalue weighted by atomic mass is 16.5. The second kappa shape index (κ2) is 9.30. The van der Waals surface area contributed by atoms with Crippen molar-refractivity contribution in [1.29, 1.82) is 5.41 Å². The van der Waals surface area contributed by atoms with Crippen LogP contribution in [0.3, 0.4) is 0 Å². The first-order chi connectivity index (χ1) is 13.6. The van der Waals surface area contributed by atoms with Gasteiger partial charge in [-0.3, -0.25) is 5.41 Å². The summed E-state index contributed by atoms with van der Waals surface area (Å²) in [5.74, 6) is 0.796. The zero-order valence-electron chi connectivity index (χ0n) is 19.3. The van der Waals surface area contributed by atoms with Crippen LogP contribution in [-0.2, 0) is 4.74 Å². The molecule has 1 saturated heterocycles. The van der Waals surface area contributed by atoms with Gasteiger partial charge in [-0.1, -0.05) is 49.0 Å². The summed E-state index contributed by atoms with van der Waals surface area (Å²) in [6, 6.07) is 0. The molecule has 160 valence electrons. The summed E-state index contributed by atoms with van der Waals surface area (Å²) in [4.78, 5) is 0. The first-order valence-electron chi connectivity index (χ1n) is 11.0. The van der Waals surface area contributed by atoms with Gasteiger partial charge in [-0.15, -0.1) is 0 Å². The van der Waals surface area contributed by atoms with E-state index >= 15 is 0 Å². The predicted octanol–water partition coefficient (Wildman–Crippen LogP) is 6.64. The van der Waals surface area contributed by atoms with Crippen LogP contribution in [-0.4, -0.2) is 18.0 Å². The van der Waals surface area contributed by atoms with Gasteiger partial charge in [-0.25, -0.2) is 0 Å². The molecule has 0 aromatic carbocycles. The van der Waals surface area contributed by atoms with E-state index in [2.05, 4.69) is 72.4 Å². The van der Waals surface area contributed by atoms with Crippen molar-refractivity contribution in [3.8, 4) is 0 Å². The van der Waals surface area contributed by atoms with Crippen molar-refractivity contribution in [3.63, 3.8) is 0 Å². The number of allylic oxidation sites excluding steroid dienone is 8. The third-order valence-electron chi connectivity index (χ3n) is 6.46. The molecule has 1 aliphatic heterocycles. The summed E-state index contributed by atoms with van der Waals surface area (Å²) in [7, 11) is 0. The third-order valence-corrected chi connectivity index (χ3v) is 6.46. The van der Waals surface area contributed by atoms with Gasteiger partial charge in [-0.2, -0.15) is 0 Å². The Morgan fingerprint density at radius 3 is 2.34 bits per heavy atom. The number of hydrogen-bond donors (Lipinski definition) is 2. The Labute approximate surface area is 178 Å². The molecule has 0 aromatic heterocycles. The molecule has 1 unspecified atom stereocenters. The molecule has 3 nitrogen and oxygen atoms in total. The smallest absolute Gasteiger partial charge is 0.101 e. The van der Waals surface area contributed by atoms with Gasteiger partial charge >= 0.3 is 0 Å². The van der Waals surface area contributed by atoms with Gasteiger partial charge in [0, 0.05) is 12.0 Å². The van der Waals surface area contributed by atoms with E-state index < -0.39 is 0 Å². The molecule has 0 bridgehead atoms. The fraction of sp³-hybridized carbons (Fsp3) is 0.577. The first kappa shape index (κ1) is 23.4. The molecule has 0 spiro atoms. The number of nitrogens with two attached hydrogens (primary N) is 1. The minimum atomic E-state index is -0.246. The Bertz CT molecular complexity index is 773. The second-order valence-electron chi connectivity index (χ2n) is 9.33. The van der Waals surface area contributed by atoms with Gasteiger partial charge in [0.2, 0.25) is 0 Å². The Morgan fingerprint density at radius 1 is 1.24 bits per heavy atom. The van der Waals surface area contributed by atoms with E-state index in [1.165, 1.54) is 16.7 Å². The molecule has 0 amide bonds. The quantitative estimate of drug-likeness (QED) is 0.274. The maximum Gasteiger partial charge on any atom is 0.101 e. The number of amidine groups is 1. The minimum absolute atomic E-state index is 0.0706. The third kappa shape index (κ3) is 5.60. The molecular formula is C26H40N2O. The van der Waals surface area contributed by atoms with Crippen molar-refractivity contribution in [2.75, 3.05) is 6.61 Å². The zero-order valence-corrected chi connectivity index (χ0v) is 19.3. The van der Waals surface area contributed by atoms with Crippen molar-refractivity contribution >= 4 is 5.84 Å². The van der Waals surface area contributed by atoms with Gasteiger partial charge in [0.25, 0.3) is 0 Å². The average molecular weight is 397 g/mol. The van der Waals surface area contributed by atoms with E-state index in [-0.39, 0.29) is 16.9 Å².